The molecule has 0 bridgehead atoms. The van der Waals surface area contributed by atoms with Crippen LogP contribution in [0.25, 0.3) is 11.5 Å². The molecule has 0 amide bonds. The number of nitrogens with zero attached hydrogens (tertiary/aromatic N) is 5. The number of hydrogen-bond acceptors (Lipinski definition) is 6. The van der Waals surface area contributed by atoms with Gasteiger partial charge in [-0.1, -0.05) is 5.16 Å². The predicted octanol–water partition coefficient (Wildman–Crippen LogP) is 2.57. The topological polar surface area (TPSA) is 58.3 Å². The highest BCUT2D eigenvalue weighted by molar-refractivity contribution is 5.54. The molecule has 0 radical (unpaired) electrons. The Bertz CT molecular complexity index is 601. The van der Waals surface area contributed by atoms with Gasteiger partial charge in [0, 0.05) is 19.1 Å². The van der Waals surface area contributed by atoms with Gasteiger partial charge < -0.3 is 9.42 Å². The zero-order valence-electron chi connectivity index (χ0n) is 13.5. The van der Waals surface area contributed by atoms with E-state index < -0.39 is 0 Å². The molecule has 0 saturated carbocycles. The lowest BCUT2D eigenvalue weighted by Crippen LogP contribution is -2.25. The average Bonchev–Trinajstić information content (AvgIpc) is 3.19. The highest BCUT2D eigenvalue weighted by Gasteiger charge is 2.15. The van der Waals surface area contributed by atoms with E-state index in [0.29, 0.717) is 24.3 Å². The fraction of sp³-hybridized carbons (Fsp3) is 0.562. The zero-order valence-corrected chi connectivity index (χ0v) is 13.5. The van der Waals surface area contributed by atoms with E-state index in [0.717, 1.165) is 18.8 Å². The SMILES string of the molecule is CC(C)N(C)Cc1nc(-c2ccc(N3CCCC3)cn2)no1. The smallest absolute Gasteiger partial charge is 0.241 e. The maximum atomic E-state index is 5.32. The van der Waals surface area contributed by atoms with E-state index in [1.165, 1.54) is 18.5 Å². The van der Waals surface area contributed by atoms with Crippen molar-refractivity contribution in [3.05, 3.63) is 24.2 Å². The lowest BCUT2D eigenvalue weighted by molar-refractivity contribution is 0.226. The van der Waals surface area contributed by atoms with Gasteiger partial charge in [0.25, 0.3) is 0 Å². The molecule has 1 aliphatic heterocycles. The molecule has 1 saturated heterocycles. The van der Waals surface area contributed by atoms with E-state index in [2.05, 4.69) is 44.8 Å². The van der Waals surface area contributed by atoms with Crippen LogP contribution in [0, 0.1) is 0 Å². The fourth-order valence-corrected chi connectivity index (χ4v) is 2.50. The molecular weight excluding hydrogens is 278 g/mol. The van der Waals surface area contributed by atoms with Crippen molar-refractivity contribution in [1.82, 2.24) is 20.0 Å². The van der Waals surface area contributed by atoms with Crippen LogP contribution in [0.15, 0.2) is 22.9 Å². The summed E-state index contributed by atoms with van der Waals surface area (Å²) < 4.78 is 5.32. The van der Waals surface area contributed by atoms with E-state index in [1.807, 2.05) is 19.3 Å². The standard InChI is InChI=1S/C16H23N5O/c1-12(2)20(3)11-15-18-16(19-22-15)14-7-6-13(10-17-14)21-8-4-5-9-21/h6-7,10,12H,4-5,8-9,11H2,1-3H3. The molecule has 0 N–H and O–H groups in total. The Kier molecular flexibility index (Phi) is 4.38. The van der Waals surface area contributed by atoms with Crippen molar-refractivity contribution in [2.24, 2.45) is 0 Å². The number of anilines is 1. The van der Waals surface area contributed by atoms with Gasteiger partial charge in [0.2, 0.25) is 11.7 Å². The highest BCUT2D eigenvalue weighted by atomic mass is 16.5. The van der Waals surface area contributed by atoms with E-state index in [-0.39, 0.29) is 0 Å². The molecule has 2 aromatic heterocycles. The molecule has 22 heavy (non-hydrogen) atoms. The van der Waals surface area contributed by atoms with Crippen molar-refractivity contribution in [3.8, 4) is 11.5 Å². The average molecular weight is 301 g/mol. The Balaban J connectivity index is 1.70. The minimum absolute atomic E-state index is 0.438. The number of rotatable bonds is 5. The second-order valence-electron chi connectivity index (χ2n) is 6.12. The fourth-order valence-electron chi connectivity index (χ4n) is 2.50. The quantitative estimate of drug-likeness (QED) is 0.846. The van der Waals surface area contributed by atoms with Gasteiger partial charge in [-0.05, 0) is 45.9 Å². The largest absolute Gasteiger partial charge is 0.370 e. The first-order valence-corrected chi connectivity index (χ1v) is 7.87. The first-order chi connectivity index (χ1) is 10.6. The highest BCUT2D eigenvalue weighted by Crippen LogP contribution is 2.22. The molecule has 118 valence electrons. The van der Waals surface area contributed by atoms with Gasteiger partial charge in [-0.2, -0.15) is 4.98 Å². The normalized spacial score (nSPS) is 15.2. The minimum atomic E-state index is 0.438. The molecule has 0 aliphatic carbocycles. The first kappa shape index (κ1) is 15.0. The monoisotopic (exact) mass is 301 g/mol. The van der Waals surface area contributed by atoms with Crippen LogP contribution in [0.3, 0.4) is 0 Å². The summed E-state index contributed by atoms with van der Waals surface area (Å²) in [6, 6.07) is 4.49. The zero-order chi connectivity index (χ0) is 15.5. The summed E-state index contributed by atoms with van der Waals surface area (Å²) in [5, 5.41) is 4.04. The Morgan fingerprint density at radius 1 is 1.27 bits per heavy atom. The molecule has 3 rings (SSSR count). The maximum Gasteiger partial charge on any atom is 0.241 e. The minimum Gasteiger partial charge on any atom is -0.370 e. The Morgan fingerprint density at radius 2 is 2.05 bits per heavy atom. The van der Waals surface area contributed by atoms with Gasteiger partial charge in [-0.3, -0.25) is 9.88 Å². The molecule has 0 aromatic carbocycles. The van der Waals surface area contributed by atoms with E-state index in [4.69, 9.17) is 4.52 Å². The first-order valence-electron chi connectivity index (χ1n) is 7.87. The summed E-state index contributed by atoms with van der Waals surface area (Å²) in [5.74, 6) is 1.18. The van der Waals surface area contributed by atoms with Crippen LogP contribution in [0.2, 0.25) is 0 Å². The summed E-state index contributed by atoms with van der Waals surface area (Å²) in [5.41, 5.74) is 1.93. The summed E-state index contributed by atoms with van der Waals surface area (Å²) >= 11 is 0. The summed E-state index contributed by atoms with van der Waals surface area (Å²) in [4.78, 5) is 13.4. The second kappa shape index (κ2) is 6.44. The molecule has 6 heteroatoms. The Morgan fingerprint density at radius 3 is 2.68 bits per heavy atom. The van der Waals surface area contributed by atoms with Gasteiger partial charge in [-0.15, -0.1) is 0 Å². The van der Waals surface area contributed by atoms with Crippen LogP contribution in [0.4, 0.5) is 5.69 Å². The van der Waals surface area contributed by atoms with Gasteiger partial charge in [-0.25, -0.2) is 0 Å². The Hall–Kier alpha value is -1.95. The summed E-state index contributed by atoms with van der Waals surface area (Å²) in [7, 11) is 2.04. The van der Waals surface area contributed by atoms with E-state index >= 15 is 0 Å². The summed E-state index contributed by atoms with van der Waals surface area (Å²) in [6.45, 7) is 7.16. The molecule has 0 unspecified atom stereocenters. The molecule has 3 heterocycles. The molecule has 0 spiro atoms. The molecular formula is C16H23N5O. The molecule has 1 fully saturated rings. The third-order valence-electron chi connectivity index (χ3n) is 4.18. The molecule has 6 nitrogen and oxygen atoms in total. The number of pyridine rings is 1. The van der Waals surface area contributed by atoms with Gasteiger partial charge in [0.15, 0.2) is 0 Å². The number of aromatic nitrogens is 3. The number of hydrogen-bond donors (Lipinski definition) is 0. The van der Waals surface area contributed by atoms with Gasteiger partial charge in [0.05, 0.1) is 18.4 Å². The van der Waals surface area contributed by atoms with Crippen molar-refractivity contribution >= 4 is 5.69 Å². The lowest BCUT2D eigenvalue weighted by atomic mass is 10.3. The van der Waals surface area contributed by atoms with E-state index in [1.54, 1.807) is 0 Å². The summed E-state index contributed by atoms with van der Waals surface area (Å²) in [6.07, 6.45) is 4.43. The van der Waals surface area contributed by atoms with Crippen molar-refractivity contribution in [1.29, 1.82) is 0 Å². The van der Waals surface area contributed by atoms with E-state index in [9.17, 15) is 0 Å². The third-order valence-corrected chi connectivity index (χ3v) is 4.18. The predicted molar refractivity (Wildman–Crippen MR) is 85.6 cm³/mol. The third kappa shape index (κ3) is 3.27. The molecule has 2 aromatic rings. The maximum absolute atomic E-state index is 5.32. The van der Waals surface area contributed by atoms with Crippen LogP contribution in [-0.4, -0.2) is 46.2 Å². The molecule has 0 atom stereocenters. The lowest BCUT2D eigenvalue weighted by Gasteiger charge is -2.18. The van der Waals surface area contributed by atoms with Crippen molar-refractivity contribution in [3.63, 3.8) is 0 Å². The molecule has 1 aliphatic rings. The van der Waals surface area contributed by atoms with Gasteiger partial charge in [0.1, 0.15) is 5.69 Å². The van der Waals surface area contributed by atoms with Crippen LogP contribution in [0.1, 0.15) is 32.6 Å². The van der Waals surface area contributed by atoms with Gasteiger partial charge >= 0.3 is 0 Å². The van der Waals surface area contributed by atoms with Crippen LogP contribution < -0.4 is 4.90 Å². The second-order valence-corrected chi connectivity index (χ2v) is 6.12. The van der Waals surface area contributed by atoms with Crippen molar-refractivity contribution in [2.75, 3.05) is 25.0 Å². The van der Waals surface area contributed by atoms with Crippen LogP contribution in [0.5, 0.6) is 0 Å². The van der Waals surface area contributed by atoms with Crippen LogP contribution in [-0.2, 0) is 6.54 Å². The Labute approximate surface area is 131 Å². The van der Waals surface area contributed by atoms with Crippen molar-refractivity contribution in [2.45, 2.75) is 39.3 Å². The van der Waals surface area contributed by atoms with Crippen LogP contribution >= 0.6 is 0 Å². The van der Waals surface area contributed by atoms with Crippen molar-refractivity contribution < 1.29 is 4.52 Å².